The molecule has 1 rings (SSSR count). The second-order valence-corrected chi connectivity index (χ2v) is 3.53. The van der Waals surface area contributed by atoms with Gasteiger partial charge < -0.3 is 10.4 Å². The molecule has 0 aliphatic rings. The van der Waals surface area contributed by atoms with E-state index < -0.39 is 0 Å². The molecule has 0 radical (unpaired) electrons. The van der Waals surface area contributed by atoms with Gasteiger partial charge in [0.1, 0.15) is 4.60 Å². The van der Waals surface area contributed by atoms with E-state index in [1.807, 2.05) is 18.3 Å². The second-order valence-electron chi connectivity index (χ2n) is 2.71. The van der Waals surface area contributed by atoms with Gasteiger partial charge in [0.2, 0.25) is 0 Å². The number of pyridine rings is 1. The zero-order chi connectivity index (χ0) is 9.52. The van der Waals surface area contributed by atoms with E-state index in [0.29, 0.717) is 6.54 Å². The molecule has 0 fully saturated rings. The minimum atomic E-state index is 0.193. The SMILES string of the molecule is OCCNCCc1ccc(Br)nc1. The summed E-state index contributed by atoms with van der Waals surface area (Å²) < 4.78 is 0.861. The molecule has 1 heterocycles. The lowest BCUT2D eigenvalue weighted by molar-refractivity contribution is 0.293. The van der Waals surface area contributed by atoms with Crippen LogP contribution in [-0.4, -0.2) is 29.8 Å². The van der Waals surface area contributed by atoms with E-state index in [1.54, 1.807) is 0 Å². The van der Waals surface area contributed by atoms with E-state index in [-0.39, 0.29) is 6.61 Å². The van der Waals surface area contributed by atoms with Crippen molar-refractivity contribution in [3.8, 4) is 0 Å². The fraction of sp³-hybridized carbons (Fsp3) is 0.444. The summed E-state index contributed by atoms with van der Waals surface area (Å²) in [5, 5.41) is 11.6. The lowest BCUT2D eigenvalue weighted by Crippen LogP contribution is -2.20. The Balaban J connectivity index is 2.25. The third-order valence-corrected chi connectivity index (χ3v) is 2.14. The minimum Gasteiger partial charge on any atom is -0.395 e. The first-order valence-corrected chi connectivity index (χ1v) is 5.04. The van der Waals surface area contributed by atoms with Gasteiger partial charge >= 0.3 is 0 Å². The summed E-state index contributed by atoms with van der Waals surface area (Å²) in [6.07, 6.45) is 2.80. The number of nitrogens with zero attached hydrogens (tertiary/aromatic N) is 1. The molecule has 13 heavy (non-hydrogen) atoms. The van der Waals surface area contributed by atoms with Crippen molar-refractivity contribution >= 4 is 15.9 Å². The number of aliphatic hydroxyl groups is 1. The average molecular weight is 245 g/mol. The Morgan fingerprint density at radius 1 is 1.38 bits per heavy atom. The Labute approximate surface area is 86.3 Å². The van der Waals surface area contributed by atoms with Crippen molar-refractivity contribution in [2.24, 2.45) is 0 Å². The maximum atomic E-state index is 8.52. The molecule has 0 amide bonds. The van der Waals surface area contributed by atoms with Crippen LogP contribution in [0.5, 0.6) is 0 Å². The van der Waals surface area contributed by atoms with Crippen LogP contribution in [0.1, 0.15) is 5.56 Å². The molecule has 0 saturated carbocycles. The molecule has 2 N–H and O–H groups in total. The lowest BCUT2D eigenvalue weighted by Gasteiger charge is -2.02. The highest BCUT2D eigenvalue weighted by atomic mass is 79.9. The molecule has 72 valence electrons. The number of hydrogen-bond acceptors (Lipinski definition) is 3. The van der Waals surface area contributed by atoms with Crippen molar-refractivity contribution in [3.63, 3.8) is 0 Å². The molecule has 1 aromatic rings. The third-order valence-electron chi connectivity index (χ3n) is 1.67. The molecule has 0 atom stereocenters. The van der Waals surface area contributed by atoms with Crippen LogP contribution in [-0.2, 0) is 6.42 Å². The summed E-state index contributed by atoms with van der Waals surface area (Å²) in [6.45, 7) is 1.73. The zero-order valence-corrected chi connectivity index (χ0v) is 8.92. The van der Waals surface area contributed by atoms with E-state index in [4.69, 9.17) is 5.11 Å². The Kier molecular flexibility index (Phi) is 4.97. The van der Waals surface area contributed by atoms with Gasteiger partial charge in [0.05, 0.1) is 6.61 Å². The van der Waals surface area contributed by atoms with Crippen molar-refractivity contribution in [3.05, 3.63) is 28.5 Å². The van der Waals surface area contributed by atoms with Crippen LogP contribution in [0.4, 0.5) is 0 Å². The summed E-state index contributed by atoms with van der Waals surface area (Å²) in [7, 11) is 0. The average Bonchev–Trinajstić information content (AvgIpc) is 2.15. The zero-order valence-electron chi connectivity index (χ0n) is 7.33. The smallest absolute Gasteiger partial charge is 0.106 e. The Hall–Kier alpha value is -0.450. The molecule has 1 aromatic heterocycles. The topological polar surface area (TPSA) is 45.1 Å². The lowest BCUT2D eigenvalue weighted by atomic mass is 10.2. The van der Waals surface area contributed by atoms with E-state index >= 15 is 0 Å². The fourth-order valence-corrected chi connectivity index (χ4v) is 1.23. The van der Waals surface area contributed by atoms with Gasteiger partial charge in [-0.05, 0) is 40.5 Å². The molecular formula is C9H13BrN2O. The number of nitrogens with one attached hydrogen (secondary N) is 1. The second kappa shape index (κ2) is 6.07. The number of halogens is 1. The van der Waals surface area contributed by atoms with Crippen molar-refractivity contribution < 1.29 is 5.11 Å². The quantitative estimate of drug-likeness (QED) is 0.600. The molecule has 0 bridgehead atoms. The highest BCUT2D eigenvalue weighted by Gasteiger charge is 1.93. The van der Waals surface area contributed by atoms with Crippen molar-refractivity contribution in [2.75, 3.05) is 19.7 Å². The summed E-state index contributed by atoms with van der Waals surface area (Å²) in [6, 6.07) is 3.97. The standard InChI is InChI=1S/C9H13BrN2O/c10-9-2-1-8(7-12-9)3-4-11-5-6-13/h1-2,7,11,13H,3-6H2. The molecule has 3 nitrogen and oxygen atoms in total. The first-order chi connectivity index (χ1) is 6.33. The van der Waals surface area contributed by atoms with Gasteiger partial charge in [-0.25, -0.2) is 4.98 Å². The van der Waals surface area contributed by atoms with E-state index in [9.17, 15) is 0 Å². The molecule has 0 aliphatic heterocycles. The van der Waals surface area contributed by atoms with Gasteiger partial charge in [0, 0.05) is 12.7 Å². The summed E-state index contributed by atoms with van der Waals surface area (Å²) >= 11 is 3.28. The van der Waals surface area contributed by atoms with E-state index in [1.165, 1.54) is 5.56 Å². The summed E-state index contributed by atoms with van der Waals surface area (Å²) in [5.41, 5.74) is 1.20. The normalized spacial score (nSPS) is 10.3. The van der Waals surface area contributed by atoms with Crippen LogP contribution >= 0.6 is 15.9 Å². The maximum absolute atomic E-state index is 8.52. The van der Waals surface area contributed by atoms with Crippen LogP contribution in [0.25, 0.3) is 0 Å². The first kappa shape index (κ1) is 10.6. The van der Waals surface area contributed by atoms with Gasteiger partial charge in [-0.3, -0.25) is 0 Å². The highest BCUT2D eigenvalue weighted by Crippen LogP contribution is 2.06. The highest BCUT2D eigenvalue weighted by molar-refractivity contribution is 9.10. The summed E-state index contributed by atoms with van der Waals surface area (Å²) in [4.78, 5) is 4.12. The first-order valence-electron chi connectivity index (χ1n) is 4.25. The number of aliphatic hydroxyl groups excluding tert-OH is 1. The monoisotopic (exact) mass is 244 g/mol. The van der Waals surface area contributed by atoms with Crippen LogP contribution in [0.3, 0.4) is 0 Å². The van der Waals surface area contributed by atoms with Gasteiger partial charge in [-0.2, -0.15) is 0 Å². The molecule has 0 aromatic carbocycles. The Morgan fingerprint density at radius 2 is 2.23 bits per heavy atom. The molecule has 0 saturated heterocycles. The molecule has 0 aliphatic carbocycles. The molecule has 0 spiro atoms. The van der Waals surface area contributed by atoms with Gasteiger partial charge in [0.15, 0.2) is 0 Å². The van der Waals surface area contributed by atoms with Crippen LogP contribution in [0.2, 0.25) is 0 Å². The Morgan fingerprint density at radius 3 is 2.85 bits per heavy atom. The largest absolute Gasteiger partial charge is 0.395 e. The van der Waals surface area contributed by atoms with Gasteiger partial charge in [-0.15, -0.1) is 0 Å². The minimum absolute atomic E-state index is 0.193. The van der Waals surface area contributed by atoms with Crippen LogP contribution < -0.4 is 5.32 Å². The Bertz CT molecular complexity index is 238. The van der Waals surface area contributed by atoms with Crippen molar-refractivity contribution in [1.29, 1.82) is 0 Å². The van der Waals surface area contributed by atoms with Crippen LogP contribution in [0, 0.1) is 0 Å². The fourth-order valence-electron chi connectivity index (χ4n) is 0.991. The predicted molar refractivity (Wildman–Crippen MR) is 55.6 cm³/mol. The van der Waals surface area contributed by atoms with E-state index in [0.717, 1.165) is 17.6 Å². The maximum Gasteiger partial charge on any atom is 0.106 e. The third kappa shape index (κ3) is 4.36. The van der Waals surface area contributed by atoms with Gasteiger partial charge in [0.25, 0.3) is 0 Å². The number of hydrogen-bond donors (Lipinski definition) is 2. The summed E-state index contributed by atoms with van der Waals surface area (Å²) in [5.74, 6) is 0. The predicted octanol–water partition coefficient (Wildman–Crippen LogP) is 0.968. The number of rotatable bonds is 5. The van der Waals surface area contributed by atoms with Crippen molar-refractivity contribution in [2.45, 2.75) is 6.42 Å². The van der Waals surface area contributed by atoms with E-state index in [2.05, 4.69) is 26.2 Å². The number of aromatic nitrogens is 1. The van der Waals surface area contributed by atoms with Crippen LogP contribution in [0.15, 0.2) is 22.9 Å². The molecular weight excluding hydrogens is 232 g/mol. The molecule has 4 heteroatoms. The van der Waals surface area contributed by atoms with Crippen molar-refractivity contribution in [1.82, 2.24) is 10.3 Å². The molecule has 0 unspecified atom stereocenters. The van der Waals surface area contributed by atoms with Gasteiger partial charge in [-0.1, -0.05) is 6.07 Å².